The summed E-state index contributed by atoms with van der Waals surface area (Å²) in [7, 11) is 1.27. The molecule has 0 aromatic heterocycles. The smallest absolute Gasteiger partial charge is 0.353 e. The van der Waals surface area contributed by atoms with Crippen LogP contribution in [0.1, 0.15) is 0 Å². The maximum atomic E-state index is 11.1. The molecule has 104 valence electrons. The van der Waals surface area contributed by atoms with E-state index >= 15 is 0 Å². The number of hydrogen-bond acceptors (Lipinski definition) is 8. The molecule has 8 heteroatoms. The Balaban J connectivity index is 2.59. The van der Waals surface area contributed by atoms with Gasteiger partial charge in [0.15, 0.2) is 6.29 Å². The molecule has 0 saturated carbocycles. The van der Waals surface area contributed by atoms with Crippen molar-refractivity contribution in [2.45, 2.75) is 30.7 Å². The van der Waals surface area contributed by atoms with Crippen LogP contribution in [0, 0.1) is 0 Å². The van der Waals surface area contributed by atoms with E-state index in [0.717, 1.165) is 0 Å². The van der Waals surface area contributed by atoms with E-state index in [9.17, 15) is 20.1 Å². The average molecular weight is 263 g/mol. The van der Waals surface area contributed by atoms with Crippen molar-refractivity contribution < 1.29 is 34.3 Å². The highest BCUT2D eigenvalue weighted by Gasteiger charge is 2.44. The van der Waals surface area contributed by atoms with E-state index in [0.29, 0.717) is 0 Å². The van der Waals surface area contributed by atoms with E-state index in [2.05, 4.69) is 6.58 Å². The highest BCUT2D eigenvalue weighted by Crippen LogP contribution is 2.21. The van der Waals surface area contributed by atoms with Gasteiger partial charge >= 0.3 is 5.97 Å². The Kier molecular flexibility index (Phi) is 5.05. The number of carbonyl (C=O) groups is 1. The average Bonchev–Trinajstić information content (AvgIpc) is 2.34. The number of aliphatic hydroxyl groups excluding tert-OH is 3. The summed E-state index contributed by atoms with van der Waals surface area (Å²) in [6.45, 7) is 2.83. The van der Waals surface area contributed by atoms with Gasteiger partial charge in [-0.05, 0) is 0 Å². The molecule has 18 heavy (non-hydrogen) atoms. The van der Waals surface area contributed by atoms with Crippen molar-refractivity contribution in [1.29, 1.82) is 0 Å². The first-order valence-electron chi connectivity index (χ1n) is 5.22. The van der Waals surface area contributed by atoms with Gasteiger partial charge in [-0.15, -0.1) is 0 Å². The molecule has 0 radical (unpaired) electrons. The predicted molar refractivity (Wildman–Crippen MR) is 58.0 cm³/mol. The number of esters is 1. The molecule has 0 aliphatic carbocycles. The van der Waals surface area contributed by atoms with Gasteiger partial charge in [-0.1, -0.05) is 6.58 Å². The van der Waals surface area contributed by atoms with Crippen LogP contribution in [0.5, 0.6) is 0 Å². The predicted octanol–water partition coefficient (Wildman–Crippen LogP) is -2.54. The summed E-state index contributed by atoms with van der Waals surface area (Å²) in [6, 6.07) is 0. The van der Waals surface area contributed by atoms with E-state index in [1.165, 1.54) is 7.11 Å². The normalized spacial score (nSPS) is 36.1. The summed E-state index contributed by atoms with van der Waals surface area (Å²) in [6.07, 6.45) is -6.41. The van der Waals surface area contributed by atoms with Gasteiger partial charge in [-0.3, -0.25) is 0 Å². The van der Waals surface area contributed by atoms with Crippen LogP contribution in [0.3, 0.4) is 0 Å². The Morgan fingerprint density at radius 3 is 2.44 bits per heavy atom. The number of ether oxygens (including phenoxy) is 3. The second-order valence-electron chi connectivity index (χ2n) is 3.87. The molecule has 0 aromatic rings. The largest absolute Gasteiger partial charge is 0.458 e. The number of hydrogen-bond donors (Lipinski definition) is 4. The summed E-state index contributed by atoms with van der Waals surface area (Å²) in [5.74, 6) is -0.847. The van der Waals surface area contributed by atoms with Crippen LogP contribution in [0.4, 0.5) is 0 Å². The van der Waals surface area contributed by atoms with Gasteiger partial charge in [0.25, 0.3) is 0 Å². The Bertz CT molecular complexity index is 319. The maximum Gasteiger partial charge on any atom is 0.353 e. The molecule has 0 aromatic carbocycles. The fraction of sp³-hybridized carbons (Fsp3) is 0.700. The highest BCUT2D eigenvalue weighted by molar-refractivity contribution is 5.86. The molecule has 1 heterocycles. The van der Waals surface area contributed by atoms with Gasteiger partial charge in [0.05, 0.1) is 0 Å². The van der Waals surface area contributed by atoms with E-state index in [1.54, 1.807) is 0 Å². The SMILES string of the molecule is C=C(N)C(=O)OCC1OC(OC)C(O)C(O)C1O. The zero-order chi connectivity index (χ0) is 13.9. The van der Waals surface area contributed by atoms with Gasteiger partial charge < -0.3 is 35.3 Å². The fourth-order valence-electron chi connectivity index (χ4n) is 1.50. The van der Waals surface area contributed by atoms with Crippen LogP contribution >= 0.6 is 0 Å². The Morgan fingerprint density at radius 2 is 1.94 bits per heavy atom. The Labute approximate surface area is 104 Å². The van der Waals surface area contributed by atoms with E-state index < -0.39 is 36.7 Å². The molecule has 5 unspecified atom stereocenters. The molecule has 8 nitrogen and oxygen atoms in total. The quantitative estimate of drug-likeness (QED) is 0.322. The lowest BCUT2D eigenvalue weighted by Gasteiger charge is -2.39. The van der Waals surface area contributed by atoms with E-state index in [1.807, 2.05) is 0 Å². The van der Waals surface area contributed by atoms with Crippen LogP contribution in [-0.4, -0.2) is 65.7 Å². The molecule has 1 rings (SSSR count). The third-order valence-electron chi connectivity index (χ3n) is 2.54. The molecular formula is C10H17NO7. The van der Waals surface area contributed by atoms with Gasteiger partial charge in [-0.2, -0.15) is 0 Å². The van der Waals surface area contributed by atoms with Crippen LogP contribution < -0.4 is 5.73 Å². The number of methoxy groups -OCH3 is 1. The standard InChI is InChI=1S/C10H17NO7/c1-4(11)9(15)17-3-5-6(12)7(13)8(14)10(16-2)18-5/h5-8,10,12-14H,1,3,11H2,2H3. The zero-order valence-electron chi connectivity index (χ0n) is 9.85. The maximum absolute atomic E-state index is 11.1. The number of rotatable bonds is 4. The highest BCUT2D eigenvalue weighted by atomic mass is 16.7. The third kappa shape index (κ3) is 3.18. The Morgan fingerprint density at radius 1 is 1.33 bits per heavy atom. The monoisotopic (exact) mass is 263 g/mol. The van der Waals surface area contributed by atoms with Crippen molar-refractivity contribution in [2.75, 3.05) is 13.7 Å². The molecule has 1 saturated heterocycles. The lowest BCUT2D eigenvalue weighted by atomic mass is 9.99. The summed E-state index contributed by atoms with van der Waals surface area (Å²) in [5, 5.41) is 28.7. The van der Waals surface area contributed by atoms with Crippen LogP contribution in [0.25, 0.3) is 0 Å². The molecule has 0 spiro atoms. The molecule has 5 N–H and O–H groups in total. The molecule has 5 atom stereocenters. The van der Waals surface area contributed by atoms with Crippen molar-refractivity contribution in [3.8, 4) is 0 Å². The molecule has 0 amide bonds. The number of nitrogens with two attached hydrogens (primary N) is 1. The summed E-state index contributed by atoms with van der Waals surface area (Å²) < 4.78 is 14.6. The van der Waals surface area contributed by atoms with Crippen molar-refractivity contribution in [2.24, 2.45) is 5.73 Å². The molecule has 0 bridgehead atoms. The minimum absolute atomic E-state index is 0.288. The lowest BCUT2D eigenvalue weighted by molar-refractivity contribution is -0.295. The Hall–Kier alpha value is -1.19. The topological polar surface area (TPSA) is 131 Å². The minimum Gasteiger partial charge on any atom is -0.458 e. The van der Waals surface area contributed by atoms with Gasteiger partial charge in [0, 0.05) is 7.11 Å². The second kappa shape index (κ2) is 6.12. The van der Waals surface area contributed by atoms with Gasteiger partial charge in [0.2, 0.25) is 0 Å². The minimum atomic E-state index is -1.46. The first kappa shape index (κ1) is 14.9. The first-order valence-corrected chi connectivity index (χ1v) is 5.22. The van der Waals surface area contributed by atoms with Crippen LogP contribution in [0.15, 0.2) is 12.3 Å². The first-order chi connectivity index (χ1) is 8.38. The van der Waals surface area contributed by atoms with Crippen molar-refractivity contribution in [3.05, 3.63) is 12.3 Å². The van der Waals surface area contributed by atoms with Gasteiger partial charge in [0.1, 0.15) is 36.7 Å². The fourth-order valence-corrected chi connectivity index (χ4v) is 1.50. The summed E-state index contributed by atoms with van der Waals surface area (Å²) >= 11 is 0. The number of aliphatic hydroxyl groups is 3. The van der Waals surface area contributed by atoms with E-state index in [4.69, 9.17) is 19.9 Å². The number of carbonyl (C=O) groups excluding carboxylic acids is 1. The van der Waals surface area contributed by atoms with Gasteiger partial charge in [-0.25, -0.2) is 4.79 Å². The van der Waals surface area contributed by atoms with Crippen molar-refractivity contribution in [3.63, 3.8) is 0 Å². The van der Waals surface area contributed by atoms with E-state index in [-0.39, 0.29) is 12.3 Å². The van der Waals surface area contributed by atoms with Crippen molar-refractivity contribution >= 4 is 5.97 Å². The third-order valence-corrected chi connectivity index (χ3v) is 2.54. The molecular weight excluding hydrogens is 246 g/mol. The summed E-state index contributed by atoms with van der Waals surface area (Å²) in [4.78, 5) is 11.1. The van der Waals surface area contributed by atoms with Crippen LogP contribution in [0.2, 0.25) is 0 Å². The molecule has 1 aliphatic rings. The molecule has 1 fully saturated rings. The molecule has 1 aliphatic heterocycles. The van der Waals surface area contributed by atoms with Crippen LogP contribution in [-0.2, 0) is 19.0 Å². The zero-order valence-corrected chi connectivity index (χ0v) is 9.85. The lowest BCUT2D eigenvalue weighted by Crippen LogP contribution is -2.59. The summed E-state index contributed by atoms with van der Waals surface area (Å²) in [5.41, 5.74) is 4.81. The van der Waals surface area contributed by atoms with Crippen molar-refractivity contribution in [1.82, 2.24) is 0 Å². The second-order valence-corrected chi connectivity index (χ2v) is 3.87.